The molecule has 2 nitrogen and oxygen atoms in total. The van der Waals surface area contributed by atoms with Gasteiger partial charge < -0.3 is 10.2 Å². The number of nitrogens with zero attached hydrogens (tertiary/aromatic N) is 1. The zero-order valence-electron chi connectivity index (χ0n) is 10.7. The third kappa shape index (κ3) is 1.71. The van der Waals surface area contributed by atoms with Gasteiger partial charge in [-0.2, -0.15) is 0 Å². The molecular weight excluding hydrogens is 196 g/mol. The summed E-state index contributed by atoms with van der Waals surface area (Å²) in [5, 5.41) is 3.35. The van der Waals surface area contributed by atoms with Crippen LogP contribution in [0, 0.1) is 0 Å². The van der Waals surface area contributed by atoms with E-state index < -0.39 is 0 Å². The molecule has 0 fully saturated rings. The van der Waals surface area contributed by atoms with Crippen molar-refractivity contribution in [2.75, 3.05) is 25.0 Å². The van der Waals surface area contributed by atoms with E-state index in [9.17, 15) is 0 Å². The molecule has 1 aromatic rings. The predicted octanol–water partition coefficient (Wildman–Crippen LogP) is 2.91. The van der Waals surface area contributed by atoms with Crippen LogP contribution in [0.2, 0.25) is 0 Å². The first-order chi connectivity index (χ1) is 7.69. The monoisotopic (exact) mass is 218 g/mol. The van der Waals surface area contributed by atoms with E-state index in [-0.39, 0.29) is 0 Å². The van der Waals surface area contributed by atoms with E-state index in [2.05, 4.69) is 49.2 Å². The summed E-state index contributed by atoms with van der Waals surface area (Å²) in [6.07, 6.45) is 0. The highest BCUT2D eigenvalue weighted by Crippen LogP contribution is 2.39. The Kier molecular flexibility index (Phi) is 3.20. The van der Waals surface area contributed by atoms with Crippen molar-refractivity contribution in [2.45, 2.75) is 32.7 Å². The van der Waals surface area contributed by atoms with Crippen molar-refractivity contribution < 1.29 is 0 Å². The number of nitrogens with one attached hydrogen (secondary N) is 1. The second kappa shape index (κ2) is 4.46. The van der Waals surface area contributed by atoms with Gasteiger partial charge in [0.25, 0.3) is 0 Å². The Hall–Kier alpha value is -1.02. The summed E-state index contributed by atoms with van der Waals surface area (Å²) in [5.74, 6) is 0.655. The normalized spacial score (nSPS) is 21.0. The van der Waals surface area contributed by atoms with Gasteiger partial charge in [0, 0.05) is 30.7 Å². The minimum Gasteiger partial charge on any atom is -0.371 e. The summed E-state index contributed by atoms with van der Waals surface area (Å²) in [5.41, 5.74) is 4.45. The second-order valence-electron chi connectivity index (χ2n) is 4.73. The Morgan fingerprint density at radius 2 is 2.25 bits per heavy atom. The number of rotatable bonds is 3. The molecule has 1 aliphatic heterocycles. The molecule has 0 aliphatic carbocycles. The molecule has 1 aromatic carbocycles. The van der Waals surface area contributed by atoms with Gasteiger partial charge in [-0.3, -0.25) is 0 Å². The van der Waals surface area contributed by atoms with Crippen molar-refractivity contribution >= 4 is 5.69 Å². The second-order valence-corrected chi connectivity index (χ2v) is 4.73. The highest BCUT2D eigenvalue weighted by atomic mass is 15.1. The molecular formula is C14H22N2. The quantitative estimate of drug-likeness (QED) is 0.839. The molecule has 88 valence electrons. The zero-order chi connectivity index (χ0) is 11.7. The Bertz CT molecular complexity index is 373. The Labute approximate surface area is 98.7 Å². The average Bonchev–Trinajstić information content (AvgIpc) is 2.65. The van der Waals surface area contributed by atoms with E-state index in [1.54, 1.807) is 5.56 Å². The first kappa shape index (κ1) is 11.5. The average molecular weight is 218 g/mol. The van der Waals surface area contributed by atoms with Gasteiger partial charge in [0.1, 0.15) is 0 Å². The highest BCUT2D eigenvalue weighted by molar-refractivity contribution is 5.63. The summed E-state index contributed by atoms with van der Waals surface area (Å²) >= 11 is 0. The molecule has 0 bridgehead atoms. The lowest BCUT2D eigenvalue weighted by Crippen LogP contribution is -2.20. The van der Waals surface area contributed by atoms with E-state index in [0.29, 0.717) is 12.0 Å². The zero-order valence-corrected chi connectivity index (χ0v) is 10.7. The fourth-order valence-corrected chi connectivity index (χ4v) is 2.74. The number of likely N-dealkylation sites (N-methyl/N-ethyl adjacent to an activating group) is 1. The molecule has 0 saturated heterocycles. The van der Waals surface area contributed by atoms with E-state index in [1.807, 2.05) is 7.05 Å². The van der Waals surface area contributed by atoms with E-state index in [1.165, 1.54) is 17.8 Å². The number of hydrogen-bond donors (Lipinski definition) is 1. The molecule has 2 atom stereocenters. The van der Waals surface area contributed by atoms with Gasteiger partial charge in [0.15, 0.2) is 0 Å². The van der Waals surface area contributed by atoms with Crippen LogP contribution in [-0.2, 0) is 0 Å². The Balaban J connectivity index is 2.47. The van der Waals surface area contributed by atoms with E-state index in [0.717, 1.165) is 6.54 Å². The summed E-state index contributed by atoms with van der Waals surface area (Å²) in [6.45, 7) is 9.07. The van der Waals surface area contributed by atoms with Gasteiger partial charge in [-0.25, -0.2) is 0 Å². The number of hydrogen-bond acceptors (Lipinski definition) is 2. The molecule has 0 spiro atoms. The van der Waals surface area contributed by atoms with Gasteiger partial charge in [-0.15, -0.1) is 0 Å². The first-order valence-corrected chi connectivity index (χ1v) is 6.24. The van der Waals surface area contributed by atoms with E-state index in [4.69, 9.17) is 0 Å². The number of benzene rings is 1. The third-order valence-electron chi connectivity index (χ3n) is 3.73. The van der Waals surface area contributed by atoms with Crippen LogP contribution in [0.15, 0.2) is 18.2 Å². The summed E-state index contributed by atoms with van der Waals surface area (Å²) < 4.78 is 0. The minimum absolute atomic E-state index is 0.439. The van der Waals surface area contributed by atoms with Crippen molar-refractivity contribution in [3.63, 3.8) is 0 Å². The van der Waals surface area contributed by atoms with Gasteiger partial charge in [-0.05, 0) is 38.1 Å². The van der Waals surface area contributed by atoms with Crippen molar-refractivity contribution in [1.29, 1.82) is 0 Å². The fourth-order valence-electron chi connectivity index (χ4n) is 2.74. The van der Waals surface area contributed by atoms with Gasteiger partial charge in [-0.1, -0.05) is 19.1 Å². The third-order valence-corrected chi connectivity index (χ3v) is 3.73. The van der Waals surface area contributed by atoms with Gasteiger partial charge in [0.2, 0.25) is 0 Å². The maximum Gasteiger partial charge on any atom is 0.0405 e. The molecule has 0 aromatic heterocycles. The van der Waals surface area contributed by atoms with Crippen LogP contribution in [0.25, 0.3) is 0 Å². The lowest BCUT2D eigenvalue weighted by Gasteiger charge is -2.19. The van der Waals surface area contributed by atoms with Crippen LogP contribution < -0.4 is 10.2 Å². The predicted molar refractivity (Wildman–Crippen MR) is 70.2 cm³/mol. The van der Waals surface area contributed by atoms with Crippen LogP contribution in [0.5, 0.6) is 0 Å². The van der Waals surface area contributed by atoms with Crippen molar-refractivity contribution in [2.24, 2.45) is 0 Å². The number of anilines is 1. The van der Waals surface area contributed by atoms with Gasteiger partial charge in [0.05, 0.1) is 0 Å². The molecule has 2 heteroatoms. The fraction of sp³-hybridized carbons (Fsp3) is 0.571. The molecule has 1 aliphatic rings. The molecule has 2 unspecified atom stereocenters. The maximum atomic E-state index is 3.35. The van der Waals surface area contributed by atoms with Crippen molar-refractivity contribution in [1.82, 2.24) is 5.32 Å². The summed E-state index contributed by atoms with van der Waals surface area (Å²) in [4.78, 5) is 2.48. The van der Waals surface area contributed by atoms with E-state index >= 15 is 0 Å². The molecule has 0 amide bonds. The van der Waals surface area contributed by atoms with Crippen LogP contribution in [0.3, 0.4) is 0 Å². The smallest absolute Gasteiger partial charge is 0.0405 e. The van der Waals surface area contributed by atoms with Crippen molar-refractivity contribution in [3.05, 3.63) is 29.3 Å². The molecule has 16 heavy (non-hydrogen) atoms. The molecule has 1 heterocycles. The molecule has 2 rings (SSSR count). The summed E-state index contributed by atoms with van der Waals surface area (Å²) in [6, 6.07) is 7.14. The minimum atomic E-state index is 0.439. The molecule has 1 N–H and O–H groups in total. The largest absolute Gasteiger partial charge is 0.371 e. The SMILES string of the molecule is CCN1CC(C)c2c(C(C)NC)cccc21. The van der Waals surface area contributed by atoms with Crippen LogP contribution in [-0.4, -0.2) is 20.1 Å². The van der Waals surface area contributed by atoms with Gasteiger partial charge >= 0.3 is 0 Å². The summed E-state index contributed by atoms with van der Waals surface area (Å²) in [7, 11) is 2.03. The topological polar surface area (TPSA) is 15.3 Å². The Morgan fingerprint density at radius 3 is 2.88 bits per heavy atom. The number of fused-ring (bicyclic) bond motifs is 1. The first-order valence-electron chi connectivity index (χ1n) is 6.24. The van der Waals surface area contributed by atoms with Crippen LogP contribution >= 0.6 is 0 Å². The van der Waals surface area contributed by atoms with Crippen LogP contribution in [0.4, 0.5) is 5.69 Å². The molecule has 0 radical (unpaired) electrons. The molecule has 0 saturated carbocycles. The Morgan fingerprint density at radius 1 is 1.50 bits per heavy atom. The lowest BCUT2D eigenvalue weighted by atomic mass is 9.93. The standard InChI is InChI=1S/C14H22N2/c1-5-16-9-10(2)14-12(11(3)15-4)7-6-8-13(14)16/h6-8,10-11,15H,5,9H2,1-4H3. The maximum absolute atomic E-state index is 3.35. The van der Waals surface area contributed by atoms with Crippen LogP contribution in [0.1, 0.15) is 43.9 Å². The van der Waals surface area contributed by atoms with Crippen molar-refractivity contribution in [3.8, 4) is 0 Å². The lowest BCUT2D eigenvalue weighted by molar-refractivity contribution is 0.639. The highest BCUT2D eigenvalue weighted by Gasteiger charge is 2.27.